The predicted molar refractivity (Wildman–Crippen MR) is 115 cm³/mol. The second kappa shape index (κ2) is 8.13. The van der Waals surface area contributed by atoms with Crippen LogP contribution in [0.3, 0.4) is 0 Å². The number of allylic oxidation sites excluding steroid dienone is 1. The number of rotatable bonds is 5. The van der Waals surface area contributed by atoms with Crippen molar-refractivity contribution in [1.82, 2.24) is 5.32 Å². The minimum Gasteiger partial charge on any atom is -0.508 e. The molecular weight excluding hydrogens is 380 g/mol. The quantitative estimate of drug-likeness (QED) is 0.441. The lowest BCUT2D eigenvalue weighted by Crippen LogP contribution is -2.27. The van der Waals surface area contributed by atoms with E-state index in [2.05, 4.69) is 5.32 Å². The van der Waals surface area contributed by atoms with Gasteiger partial charge in [-0.3, -0.25) is 9.69 Å². The molecule has 150 valence electrons. The number of nitrogens with one attached hydrogen (secondary N) is 1. The average molecular weight is 400 g/mol. The lowest BCUT2D eigenvalue weighted by molar-refractivity contribution is 0.104. The van der Waals surface area contributed by atoms with Crippen LogP contribution in [0.1, 0.15) is 27.5 Å². The van der Waals surface area contributed by atoms with Gasteiger partial charge < -0.3 is 15.5 Å². The van der Waals surface area contributed by atoms with Gasteiger partial charge in [-0.1, -0.05) is 42.5 Å². The molecule has 0 aliphatic carbocycles. The van der Waals surface area contributed by atoms with Crippen molar-refractivity contribution in [3.8, 4) is 11.5 Å². The molecule has 0 radical (unpaired) electrons. The second-order valence-corrected chi connectivity index (χ2v) is 7.05. The van der Waals surface area contributed by atoms with E-state index in [-0.39, 0.29) is 29.4 Å². The van der Waals surface area contributed by atoms with Gasteiger partial charge in [0.2, 0.25) is 0 Å². The van der Waals surface area contributed by atoms with E-state index < -0.39 is 0 Å². The number of hydrogen-bond donors (Lipinski definition) is 3. The van der Waals surface area contributed by atoms with E-state index in [1.54, 1.807) is 83.8 Å². The summed E-state index contributed by atoms with van der Waals surface area (Å²) in [7, 11) is 0. The molecule has 1 heterocycles. The van der Waals surface area contributed by atoms with Crippen LogP contribution in [0.15, 0.2) is 78.9 Å². The maximum Gasteiger partial charge on any atom is 0.322 e. The van der Waals surface area contributed by atoms with Gasteiger partial charge in [0, 0.05) is 11.3 Å². The second-order valence-electron chi connectivity index (χ2n) is 7.05. The van der Waals surface area contributed by atoms with Crippen LogP contribution in [0.4, 0.5) is 10.5 Å². The van der Waals surface area contributed by atoms with Crippen LogP contribution >= 0.6 is 0 Å². The van der Waals surface area contributed by atoms with E-state index in [9.17, 15) is 19.8 Å². The summed E-state index contributed by atoms with van der Waals surface area (Å²) in [6.07, 6.45) is 3.08. The summed E-state index contributed by atoms with van der Waals surface area (Å²) in [6.45, 7) is 0.417. The first kappa shape index (κ1) is 19.3. The first-order chi connectivity index (χ1) is 14.5. The van der Waals surface area contributed by atoms with Crippen LogP contribution in [-0.4, -0.2) is 28.6 Å². The summed E-state index contributed by atoms with van der Waals surface area (Å²) >= 11 is 0. The minimum atomic E-state index is -0.243. The Bertz CT molecular complexity index is 1120. The van der Waals surface area contributed by atoms with Gasteiger partial charge in [0.15, 0.2) is 5.78 Å². The fraction of sp³-hybridized carbons (Fsp3) is 0.0833. The lowest BCUT2D eigenvalue weighted by Gasteiger charge is -2.15. The summed E-state index contributed by atoms with van der Waals surface area (Å²) in [4.78, 5) is 26.7. The number of carbonyl (C=O) groups excluding carboxylic acids is 2. The molecule has 1 saturated heterocycles. The van der Waals surface area contributed by atoms with Crippen molar-refractivity contribution in [2.45, 2.75) is 6.04 Å². The molecule has 1 aliphatic heterocycles. The average Bonchev–Trinajstić information content (AvgIpc) is 3.14. The molecule has 0 spiro atoms. The van der Waals surface area contributed by atoms with Gasteiger partial charge in [0.1, 0.15) is 11.5 Å². The maximum absolute atomic E-state index is 12.6. The molecule has 6 nitrogen and oxygen atoms in total. The first-order valence-corrected chi connectivity index (χ1v) is 9.48. The van der Waals surface area contributed by atoms with Crippen molar-refractivity contribution >= 4 is 23.6 Å². The van der Waals surface area contributed by atoms with Gasteiger partial charge in [-0.2, -0.15) is 0 Å². The van der Waals surface area contributed by atoms with Crippen molar-refractivity contribution in [2.75, 3.05) is 11.4 Å². The van der Waals surface area contributed by atoms with Crippen LogP contribution in [-0.2, 0) is 0 Å². The summed E-state index contributed by atoms with van der Waals surface area (Å²) in [6, 6.07) is 19.8. The monoisotopic (exact) mass is 400 g/mol. The molecule has 30 heavy (non-hydrogen) atoms. The number of hydrogen-bond acceptors (Lipinski definition) is 4. The Morgan fingerprint density at radius 3 is 2.50 bits per heavy atom. The molecular formula is C24H20N2O4. The third-order valence-corrected chi connectivity index (χ3v) is 4.94. The number of aromatic hydroxyl groups is 2. The summed E-state index contributed by atoms with van der Waals surface area (Å²) in [5.41, 5.74) is 2.70. The number of carbonyl (C=O) groups is 2. The number of anilines is 1. The van der Waals surface area contributed by atoms with Crippen LogP contribution in [0.25, 0.3) is 6.08 Å². The van der Waals surface area contributed by atoms with Gasteiger partial charge >= 0.3 is 6.03 Å². The van der Waals surface area contributed by atoms with E-state index >= 15 is 0 Å². The molecule has 1 unspecified atom stereocenters. The minimum absolute atomic E-state index is 0.134. The number of phenols is 2. The van der Waals surface area contributed by atoms with Gasteiger partial charge in [-0.25, -0.2) is 4.79 Å². The van der Waals surface area contributed by atoms with Crippen molar-refractivity contribution in [3.05, 3.63) is 95.6 Å². The zero-order chi connectivity index (χ0) is 21.1. The van der Waals surface area contributed by atoms with Gasteiger partial charge in [-0.05, 0) is 53.6 Å². The van der Waals surface area contributed by atoms with Crippen molar-refractivity contribution in [1.29, 1.82) is 0 Å². The predicted octanol–water partition coefficient (Wildman–Crippen LogP) is 4.26. The van der Waals surface area contributed by atoms with Crippen LogP contribution < -0.4 is 10.2 Å². The number of amides is 2. The Morgan fingerprint density at radius 2 is 1.73 bits per heavy atom. The Balaban J connectivity index is 1.50. The van der Waals surface area contributed by atoms with E-state index in [0.29, 0.717) is 17.8 Å². The third-order valence-electron chi connectivity index (χ3n) is 4.94. The molecule has 0 bridgehead atoms. The van der Waals surface area contributed by atoms with Crippen molar-refractivity contribution in [3.63, 3.8) is 0 Å². The zero-order valence-electron chi connectivity index (χ0n) is 16.0. The highest BCUT2D eigenvalue weighted by atomic mass is 16.3. The Hall–Kier alpha value is -4.06. The molecule has 2 amide bonds. The number of phenolic OH excluding ortho intramolecular Hbond substituents is 2. The molecule has 3 aromatic carbocycles. The van der Waals surface area contributed by atoms with E-state index in [1.807, 2.05) is 0 Å². The van der Waals surface area contributed by atoms with Crippen molar-refractivity contribution in [2.24, 2.45) is 0 Å². The SMILES string of the molecule is O=C(/C=C/c1cccc(O)c1)c1cccc(N2CC(c3ccc(O)cc3)NC2=O)c1. The fourth-order valence-corrected chi connectivity index (χ4v) is 3.38. The largest absolute Gasteiger partial charge is 0.508 e. The highest BCUT2D eigenvalue weighted by Gasteiger charge is 2.31. The van der Waals surface area contributed by atoms with Crippen LogP contribution in [0.5, 0.6) is 11.5 Å². The zero-order valence-corrected chi connectivity index (χ0v) is 16.0. The molecule has 1 atom stereocenters. The Labute approximate surface area is 173 Å². The molecule has 0 aromatic heterocycles. The normalized spacial score (nSPS) is 16.1. The number of benzene rings is 3. The highest BCUT2D eigenvalue weighted by Crippen LogP contribution is 2.27. The molecule has 3 aromatic rings. The summed E-state index contributed by atoms with van der Waals surface area (Å²) in [5.74, 6) is 0.106. The maximum atomic E-state index is 12.6. The summed E-state index contributed by atoms with van der Waals surface area (Å²) < 4.78 is 0. The highest BCUT2D eigenvalue weighted by molar-refractivity contribution is 6.08. The smallest absolute Gasteiger partial charge is 0.322 e. The van der Waals surface area contributed by atoms with E-state index in [4.69, 9.17) is 0 Å². The lowest BCUT2D eigenvalue weighted by atomic mass is 10.1. The van der Waals surface area contributed by atoms with Gasteiger partial charge in [0.25, 0.3) is 0 Å². The van der Waals surface area contributed by atoms with Crippen molar-refractivity contribution < 1.29 is 19.8 Å². The first-order valence-electron chi connectivity index (χ1n) is 9.48. The standard InChI is InChI=1S/C24H20N2O4/c27-20-10-8-17(9-11-20)22-15-26(24(30)25-22)19-5-2-4-18(14-19)23(29)12-7-16-3-1-6-21(28)13-16/h1-14,22,27-28H,15H2,(H,25,30)/b12-7+. The van der Waals surface area contributed by atoms with Gasteiger partial charge in [-0.15, -0.1) is 0 Å². The van der Waals surface area contributed by atoms with E-state index in [1.165, 1.54) is 6.08 Å². The van der Waals surface area contributed by atoms with E-state index in [0.717, 1.165) is 11.1 Å². The number of ketones is 1. The Kier molecular flexibility index (Phi) is 5.22. The molecule has 3 N–H and O–H groups in total. The molecule has 4 rings (SSSR count). The van der Waals surface area contributed by atoms with Crippen LogP contribution in [0, 0.1) is 0 Å². The Morgan fingerprint density at radius 1 is 0.967 bits per heavy atom. The topological polar surface area (TPSA) is 89.9 Å². The molecule has 6 heteroatoms. The third kappa shape index (κ3) is 4.17. The summed E-state index contributed by atoms with van der Waals surface area (Å²) in [5, 5.41) is 21.9. The number of urea groups is 1. The molecule has 1 fully saturated rings. The van der Waals surface area contributed by atoms with Gasteiger partial charge in [0.05, 0.1) is 12.6 Å². The molecule has 0 saturated carbocycles. The molecule has 1 aliphatic rings. The number of nitrogens with zero attached hydrogens (tertiary/aromatic N) is 1. The van der Waals surface area contributed by atoms with Crippen LogP contribution in [0.2, 0.25) is 0 Å². The fourth-order valence-electron chi connectivity index (χ4n) is 3.38.